The van der Waals surface area contributed by atoms with Gasteiger partial charge >= 0.3 is 5.97 Å². The van der Waals surface area contributed by atoms with E-state index >= 15 is 0 Å². The summed E-state index contributed by atoms with van der Waals surface area (Å²) in [6, 6.07) is 8.80. The molecule has 0 atom stereocenters. The van der Waals surface area contributed by atoms with Crippen LogP contribution in [0.15, 0.2) is 30.3 Å². The lowest BCUT2D eigenvalue weighted by Gasteiger charge is -2.11. The van der Waals surface area contributed by atoms with Gasteiger partial charge in [0.2, 0.25) is 0 Å². The molecular weight excluding hydrogens is 270 g/mol. The summed E-state index contributed by atoms with van der Waals surface area (Å²) in [7, 11) is 0. The van der Waals surface area contributed by atoms with Crippen molar-refractivity contribution >= 4 is 28.5 Å². The van der Waals surface area contributed by atoms with Crippen LogP contribution < -0.4 is 11.1 Å². The average molecular weight is 285 g/mol. The maximum absolute atomic E-state index is 12.1. The molecule has 1 aromatic heterocycles. The number of rotatable bonds is 4. The number of aliphatic carboxylic acids is 1. The predicted octanol–water partition coefficient (Wildman–Crippen LogP) is 1.41. The van der Waals surface area contributed by atoms with Crippen LogP contribution in [0.3, 0.4) is 0 Å². The number of carbonyl (C=O) groups excluding carboxylic acids is 1. The molecule has 6 heteroatoms. The second-order valence-corrected chi connectivity index (χ2v) is 5.38. The van der Waals surface area contributed by atoms with Gasteiger partial charge in [0, 0.05) is 17.6 Å². The molecule has 108 valence electrons. The molecule has 0 bridgehead atoms. The molecule has 4 N–H and O–H groups in total. The summed E-state index contributed by atoms with van der Waals surface area (Å²) in [5, 5.41) is 12.5. The third-order valence-electron chi connectivity index (χ3n) is 3.88. The van der Waals surface area contributed by atoms with E-state index in [1.807, 2.05) is 18.2 Å². The number of amides is 1. The predicted molar refractivity (Wildman–Crippen MR) is 77.8 cm³/mol. The summed E-state index contributed by atoms with van der Waals surface area (Å²) < 4.78 is 0. The maximum Gasteiger partial charge on any atom is 0.311 e. The van der Waals surface area contributed by atoms with Crippen LogP contribution in [0, 0.1) is 5.41 Å². The van der Waals surface area contributed by atoms with E-state index in [1.54, 1.807) is 6.07 Å². The lowest BCUT2D eigenvalue weighted by atomic mass is 10.1. The van der Waals surface area contributed by atoms with Gasteiger partial charge in [0.15, 0.2) is 0 Å². The number of nitrogens with one attached hydrogen (secondary N) is 1. The number of nitrogen functional groups attached to an aromatic ring is 1. The molecule has 0 radical (unpaired) electrons. The largest absolute Gasteiger partial charge is 0.481 e. The number of benzene rings is 1. The Bertz CT molecular complexity index is 738. The first-order valence-corrected chi connectivity index (χ1v) is 6.69. The highest BCUT2D eigenvalue weighted by Gasteiger charge is 2.50. The normalized spacial score (nSPS) is 15.6. The van der Waals surface area contributed by atoms with Crippen molar-refractivity contribution in [1.82, 2.24) is 10.3 Å². The highest BCUT2D eigenvalue weighted by atomic mass is 16.4. The van der Waals surface area contributed by atoms with Gasteiger partial charge in [-0.2, -0.15) is 0 Å². The fraction of sp³-hybridized carbons (Fsp3) is 0.267. The Morgan fingerprint density at radius 2 is 2.05 bits per heavy atom. The molecule has 21 heavy (non-hydrogen) atoms. The number of nitrogens with two attached hydrogens (primary N) is 1. The average Bonchev–Trinajstić information content (AvgIpc) is 3.26. The summed E-state index contributed by atoms with van der Waals surface area (Å²) >= 11 is 0. The number of para-hydroxylation sites is 1. The molecule has 0 aliphatic heterocycles. The van der Waals surface area contributed by atoms with E-state index < -0.39 is 17.3 Å². The second kappa shape index (κ2) is 4.73. The number of aromatic nitrogens is 1. The Balaban J connectivity index is 1.80. The van der Waals surface area contributed by atoms with Gasteiger partial charge in [0.1, 0.15) is 5.69 Å². The van der Waals surface area contributed by atoms with Gasteiger partial charge in [-0.25, -0.2) is 4.98 Å². The van der Waals surface area contributed by atoms with Crippen molar-refractivity contribution in [2.75, 3.05) is 12.3 Å². The molecule has 1 aliphatic carbocycles. The number of nitrogens with zero attached hydrogens (tertiary/aromatic N) is 1. The van der Waals surface area contributed by atoms with E-state index in [2.05, 4.69) is 10.3 Å². The van der Waals surface area contributed by atoms with Crippen LogP contribution in [0.4, 0.5) is 5.69 Å². The molecule has 1 fully saturated rings. The van der Waals surface area contributed by atoms with Crippen LogP contribution in [-0.2, 0) is 4.79 Å². The lowest BCUT2D eigenvalue weighted by molar-refractivity contribution is -0.143. The molecular formula is C15H15N3O3. The topological polar surface area (TPSA) is 105 Å². The van der Waals surface area contributed by atoms with Gasteiger partial charge in [-0.15, -0.1) is 0 Å². The molecule has 1 heterocycles. The Morgan fingerprint density at radius 1 is 1.33 bits per heavy atom. The van der Waals surface area contributed by atoms with Gasteiger partial charge in [-0.05, 0) is 25.0 Å². The van der Waals surface area contributed by atoms with Crippen LogP contribution in [0.25, 0.3) is 10.9 Å². The zero-order valence-electron chi connectivity index (χ0n) is 11.3. The van der Waals surface area contributed by atoms with Crippen molar-refractivity contribution < 1.29 is 14.7 Å². The zero-order valence-corrected chi connectivity index (χ0v) is 11.3. The molecule has 2 aromatic rings. The van der Waals surface area contributed by atoms with E-state index in [0.29, 0.717) is 24.0 Å². The lowest BCUT2D eigenvalue weighted by Crippen LogP contribution is -2.34. The Morgan fingerprint density at radius 3 is 2.71 bits per heavy atom. The van der Waals surface area contributed by atoms with Gasteiger partial charge < -0.3 is 16.2 Å². The molecule has 0 unspecified atom stereocenters. The monoisotopic (exact) mass is 285 g/mol. The van der Waals surface area contributed by atoms with Crippen LogP contribution in [0.1, 0.15) is 23.3 Å². The number of carboxylic acid groups (broad SMARTS) is 1. The van der Waals surface area contributed by atoms with E-state index in [4.69, 9.17) is 10.8 Å². The fourth-order valence-corrected chi connectivity index (χ4v) is 2.28. The van der Waals surface area contributed by atoms with Gasteiger partial charge in [0.25, 0.3) is 5.91 Å². The third kappa shape index (κ3) is 2.40. The minimum absolute atomic E-state index is 0.121. The number of pyridine rings is 1. The van der Waals surface area contributed by atoms with Crippen molar-refractivity contribution in [1.29, 1.82) is 0 Å². The molecule has 1 aromatic carbocycles. The van der Waals surface area contributed by atoms with Crippen molar-refractivity contribution in [2.24, 2.45) is 5.41 Å². The van der Waals surface area contributed by atoms with E-state index in [9.17, 15) is 9.59 Å². The summed E-state index contributed by atoms with van der Waals surface area (Å²) in [6.45, 7) is 0.121. The number of carbonyl (C=O) groups is 2. The van der Waals surface area contributed by atoms with Gasteiger partial charge in [-0.1, -0.05) is 18.2 Å². The summed E-state index contributed by atoms with van der Waals surface area (Å²) in [4.78, 5) is 27.5. The van der Waals surface area contributed by atoms with Crippen LogP contribution in [0.2, 0.25) is 0 Å². The number of carboxylic acids is 1. The minimum Gasteiger partial charge on any atom is -0.481 e. The molecule has 1 aliphatic rings. The maximum atomic E-state index is 12.1. The van der Waals surface area contributed by atoms with Crippen molar-refractivity contribution in [3.05, 3.63) is 36.0 Å². The van der Waals surface area contributed by atoms with Crippen molar-refractivity contribution in [3.63, 3.8) is 0 Å². The number of fused-ring (bicyclic) bond motifs is 1. The Labute approximate surface area is 121 Å². The van der Waals surface area contributed by atoms with Crippen molar-refractivity contribution in [2.45, 2.75) is 12.8 Å². The van der Waals surface area contributed by atoms with Crippen LogP contribution in [-0.4, -0.2) is 28.5 Å². The van der Waals surface area contributed by atoms with Crippen LogP contribution >= 0.6 is 0 Å². The number of hydrogen-bond donors (Lipinski definition) is 3. The highest BCUT2D eigenvalue weighted by Crippen LogP contribution is 2.45. The van der Waals surface area contributed by atoms with Crippen molar-refractivity contribution in [3.8, 4) is 0 Å². The zero-order chi connectivity index (χ0) is 15.0. The first kappa shape index (κ1) is 13.4. The molecule has 0 saturated heterocycles. The SMILES string of the molecule is Nc1cc(C(=O)NCC2(C(=O)O)CC2)nc2ccccc12. The minimum atomic E-state index is -0.867. The molecule has 6 nitrogen and oxygen atoms in total. The van der Waals surface area contributed by atoms with E-state index in [-0.39, 0.29) is 12.2 Å². The molecule has 1 amide bonds. The quantitative estimate of drug-likeness (QED) is 0.787. The summed E-state index contributed by atoms with van der Waals surface area (Å²) in [5.74, 6) is -1.27. The van der Waals surface area contributed by atoms with E-state index in [1.165, 1.54) is 6.07 Å². The number of anilines is 1. The van der Waals surface area contributed by atoms with Crippen LogP contribution in [0.5, 0.6) is 0 Å². The van der Waals surface area contributed by atoms with Gasteiger partial charge in [-0.3, -0.25) is 9.59 Å². The van der Waals surface area contributed by atoms with Gasteiger partial charge in [0.05, 0.1) is 10.9 Å². The Kier molecular flexibility index (Phi) is 3.01. The second-order valence-electron chi connectivity index (χ2n) is 5.38. The molecule has 1 saturated carbocycles. The smallest absolute Gasteiger partial charge is 0.311 e. The first-order valence-electron chi connectivity index (χ1n) is 6.69. The summed E-state index contributed by atoms with van der Waals surface area (Å²) in [5.41, 5.74) is 6.45. The standard InChI is InChI=1S/C15H15N3O3/c16-10-7-12(18-11-4-2-1-3-9(10)11)13(19)17-8-15(5-6-15)14(20)21/h1-4,7H,5-6,8H2,(H2,16,18)(H,17,19)(H,20,21). The highest BCUT2D eigenvalue weighted by molar-refractivity contribution is 5.99. The third-order valence-corrected chi connectivity index (χ3v) is 3.88. The Hall–Kier alpha value is -2.63. The first-order chi connectivity index (χ1) is 10.0. The number of hydrogen-bond acceptors (Lipinski definition) is 4. The fourth-order valence-electron chi connectivity index (χ4n) is 2.28. The molecule has 3 rings (SSSR count). The molecule has 0 spiro atoms. The van der Waals surface area contributed by atoms with E-state index in [0.717, 1.165) is 5.39 Å². The summed E-state index contributed by atoms with van der Waals surface area (Å²) in [6.07, 6.45) is 1.19.